The summed E-state index contributed by atoms with van der Waals surface area (Å²) in [6.07, 6.45) is 0.981. The van der Waals surface area contributed by atoms with E-state index in [1.165, 1.54) is 17.7 Å². The van der Waals surface area contributed by atoms with Gasteiger partial charge in [0.25, 0.3) is 5.69 Å². The zero-order chi connectivity index (χ0) is 16.9. The van der Waals surface area contributed by atoms with Crippen molar-refractivity contribution in [2.75, 3.05) is 18.4 Å². The molecule has 122 valence electrons. The first-order valence-electron chi connectivity index (χ1n) is 7.87. The van der Waals surface area contributed by atoms with Crippen LogP contribution in [-0.4, -0.2) is 29.0 Å². The van der Waals surface area contributed by atoms with Gasteiger partial charge in [0, 0.05) is 37.8 Å². The topological polar surface area (TPSA) is 82.2 Å². The van der Waals surface area contributed by atoms with Crippen molar-refractivity contribution in [1.82, 2.24) is 4.90 Å². The fraction of sp³-hybridized carbons (Fsp3) is 0.278. The van der Waals surface area contributed by atoms with Crippen LogP contribution in [0.15, 0.2) is 48.5 Å². The molecule has 6 heteroatoms. The molecule has 0 bridgehead atoms. The molecule has 0 spiro atoms. The van der Waals surface area contributed by atoms with E-state index in [1.54, 1.807) is 6.07 Å². The number of rotatable bonds is 5. The van der Waals surface area contributed by atoms with E-state index in [0.29, 0.717) is 11.3 Å². The molecule has 6 nitrogen and oxygen atoms in total. The Kier molecular flexibility index (Phi) is 4.73. The molecule has 3 rings (SSSR count). The monoisotopic (exact) mass is 322 g/mol. The summed E-state index contributed by atoms with van der Waals surface area (Å²) in [6.45, 7) is 2.78. The number of anilines is 1. The van der Waals surface area contributed by atoms with Crippen LogP contribution in [0.3, 0.4) is 0 Å². The zero-order valence-corrected chi connectivity index (χ0v) is 13.2. The lowest BCUT2D eigenvalue weighted by Crippen LogP contribution is -2.26. The van der Waals surface area contributed by atoms with Gasteiger partial charge in [-0.15, -0.1) is 0 Å². The van der Waals surface area contributed by atoms with Crippen LogP contribution < -0.4 is 5.32 Å². The molecule has 1 aliphatic rings. The van der Waals surface area contributed by atoms with Crippen LogP contribution in [0.1, 0.15) is 17.5 Å². The summed E-state index contributed by atoms with van der Waals surface area (Å²) < 4.78 is 0. The summed E-state index contributed by atoms with van der Waals surface area (Å²) >= 11 is 0. The first-order valence-corrected chi connectivity index (χ1v) is 7.87. The number of likely N-dealkylation sites (tertiary alicyclic amines) is 1. The summed E-state index contributed by atoms with van der Waals surface area (Å²) in [5.41, 5.74) is 2.20. The van der Waals surface area contributed by atoms with E-state index >= 15 is 0 Å². The number of non-ortho nitro benzene ring substituents is 1. The normalized spacial score (nSPS) is 17.4. The Bertz CT molecular complexity index is 770. The average molecular weight is 322 g/mol. The maximum atomic E-state index is 10.8. The second-order valence-electron chi connectivity index (χ2n) is 5.95. The molecule has 24 heavy (non-hydrogen) atoms. The molecule has 1 aliphatic heterocycles. The second-order valence-corrected chi connectivity index (χ2v) is 5.95. The van der Waals surface area contributed by atoms with Gasteiger partial charge < -0.3 is 5.32 Å². The fourth-order valence-corrected chi connectivity index (χ4v) is 3.02. The van der Waals surface area contributed by atoms with Gasteiger partial charge in [-0.05, 0) is 18.1 Å². The predicted molar refractivity (Wildman–Crippen MR) is 91.6 cm³/mol. The number of nitrogens with one attached hydrogen (secondary N) is 1. The zero-order valence-electron chi connectivity index (χ0n) is 13.2. The molecule has 2 aromatic carbocycles. The number of hydrogen-bond donors (Lipinski definition) is 1. The van der Waals surface area contributed by atoms with E-state index in [0.717, 1.165) is 26.1 Å². The minimum atomic E-state index is -0.484. The molecule has 1 N–H and O–H groups in total. The number of hydrogen-bond acceptors (Lipinski definition) is 5. The maximum absolute atomic E-state index is 10.8. The van der Waals surface area contributed by atoms with Crippen molar-refractivity contribution in [3.63, 3.8) is 0 Å². The van der Waals surface area contributed by atoms with Crippen molar-refractivity contribution in [2.45, 2.75) is 19.0 Å². The quantitative estimate of drug-likeness (QED) is 0.675. The molecule has 0 radical (unpaired) electrons. The smallest absolute Gasteiger partial charge is 0.270 e. The third-order valence-corrected chi connectivity index (χ3v) is 4.22. The van der Waals surface area contributed by atoms with Crippen molar-refractivity contribution in [1.29, 1.82) is 5.26 Å². The van der Waals surface area contributed by atoms with Crippen LogP contribution in [0.5, 0.6) is 0 Å². The molecule has 1 heterocycles. The van der Waals surface area contributed by atoms with E-state index in [9.17, 15) is 15.4 Å². The molecule has 0 amide bonds. The van der Waals surface area contributed by atoms with E-state index in [1.807, 2.05) is 24.3 Å². The predicted octanol–water partition coefficient (Wildman–Crippen LogP) is 3.15. The van der Waals surface area contributed by atoms with Gasteiger partial charge in [-0.2, -0.15) is 5.26 Å². The van der Waals surface area contributed by atoms with Gasteiger partial charge in [0.1, 0.15) is 6.07 Å². The molecule has 0 saturated carbocycles. The Balaban J connectivity index is 1.63. The van der Waals surface area contributed by atoms with Gasteiger partial charge in [-0.3, -0.25) is 15.0 Å². The number of nitro groups is 1. The minimum Gasteiger partial charge on any atom is -0.380 e. The average Bonchev–Trinajstić information content (AvgIpc) is 3.03. The Morgan fingerprint density at radius 2 is 2.08 bits per heavy atom. The number of nitro benzene ring substituents is 1. The SMILES string of the molecule is N#Cc1cc([N+](=O)[O-])ccc1N[C@H]1CCN(Cc2ccccc2)C1. The van der Waals surface area contributed by atoms with E-state index in [2.05, 4.69) is 22.3 Å². The second kappa shape index (κ2) is 7.11. The van der Waals surface area contributed by atoms with Crippen LogP contribution in [0.2, 0.25) is 0 Å². The molecule has 0 aliphatic carbocycles. The summed E-state index contributed by atoms with van der Waals surface area (Å²) in [7, 11) is 0. The van der Waals surface area contributed by atoms with Gasteiger partial charge in [-0.1, -0.05) is 30.3 Å². The van der Waals surface area contributed by atoms with E-state index < -0.39 is 4.92 Å². The van der Waals surface area contributed by atoms with Gasteiger partial charge in [0.15, 0.2) is 0 Å². The number of nitrogens with zero attached hydrogens (tertiary/aromatic N) is 3. The fourth-order valence-electron chi connectivity index (χ4n) is 3.02. The first kappa shape index (κ1) is 16.0. The molecule has 2 aromatic rings. The third kappa shape index (κ3) is 3.70. The van der Waals surface area contributed by atoms with Crippen LogP contribution >= 0.6 is 0 Å². The summed E-state index contributed by atoms with van der Waals surface area (Å²) in [5.74, 6) is 0. The molecule has 0 aromatic heterocycles. The van der Waals surface area contributed by atoms with Crippen LogP contribution in [0.25, 0.3) is 0 Å². The van der Waals surface area contributed by atoms with Gasteiger partial charge in [0.2, 0.25) is 0 Å². The molecule has 0 unspecified atom stereocenters. The molecule has 1 saturated heterocycles. The Labute approximate surface area is 140 Å². The summed E-state index contributed by atoms with van der Waals surface area (Å²) in [4.78, 5) is 12.7. The van der Waals surface area contributed by atoms with Gasteiger partial charge >= 0.3 is 0 Å². The van der Waals surface area contributed by atoms with E-state index in [4.69, 9.17) is 0 Å². The molecular weight excluding hydrogens is 304 g/mol. The van der Waals surface area contributed by atoms with Crippen molar-refractivity contribution in [3.05, 3.63) is 69.8 Å². The van der Waals surface area contributed by atoms with E-state index in [-0.39, 0.29) is 11.7 Å². The van der Waals surface area contributed by atoms with Gasteiger partial charge in [-0.25, -0.2) is 0 Å². The Morgan fingerprint density at radius 3 is 2.79 bits per heavy atom. The van der Waals surface area contributed by atoms with Crippen LogP contribution in [0.4, 0.5) is 11.4 Å². The maximum Gasteiger partial charge on any atom is 0.270 e. The number of nitriles is 1. The molecule has 1 fully saturated rings. The lowest BCUT2D eigenvalue weighted by atomic mass is 10.1. The minimum absolute atomic E-state index is 0.0609. The largest absolute Gasteiger partial charge is 0.380 e. The van der Waals surface area contributed by atoms with Crippen molar-refractivity contribution < 1.29 is 4.92 Å². The van der Waals surface area contributed by atoms with Crippen molar-refractivity contribution >= 4 is 11.4 Å². The molecular formula is C18H18N4O2. The molecule has 1 atom stereocenters. The highest BCUT2D eigenvalue weighted by molar-refractivity contribution is 5.61. The lowest BCUT2D eigenvalue weighted by Gasteiger charge is -2.18. The standard InChI is InChI=1S/C18H18N4O2/c19-11-15-10-17(22(23)24)6-7-18(15)20-16-8-9-21(13-16)12-14-4-2-1-3-5-14/h1-7,10,16,20H,8-9,12-13H2/t16-/m0/s1. The van der Waals surface area contributed by atoms with Gasteiger partial charge in [0.05, 0.1) is 16.2 Å². The lowest BCUT2D eigenvalue weighted by molar-refractivity contribution is -0.384. The number of benzene rings is 2. The Morgan fingerprint density at radius 1 is 1.29 bits per heavy atom. The summed E-state index contributed by atoms with van der Waals surface area (Å²) in [6, 6.07) is 17.0. The highest BCUT2D eigenvalue weighted by atomic mass is 16.6. The Hall–Kier alpha value is -2.91. The third-order valence-electron chi connectivity index (χ3n) is 4.22. The van der Waals surface area contributed by atoms with Crippen molar-refractivity contribution in [2.24, 2.45) is 0 Å². The highest BCUT2D eigenvalue weighted by Gasteiger charge is 2.23. The van der Waals surface area contributed by atoms with Crippen LogP contribution in [-0.2, 0) is 6.54 Å². The summed E-state index contributed by atoms with van der Waals surface area (Å²) in [5, 5.41) is 23.4. The first-order chi connectivity index (χ1) is 11.7. The highest BCUT2D eigenvalue weighted by Crippen LogP contribution is 2.24. The van der Waals surface area contributed by atoms with Crippen molar-refractivity contribution in [3.8, 4) is 6.07 Å². The van der Waals surface area contributed by atoms with Crippen LogP contribution in [0, 0.1) is 21.4 Å².